The summed E-state index contributed by atoms with van der Waals surface area (Å²) in [6.07, 6.45) is -3.86. The summed E-state index contributed by atoms with van der Waals surface area (Å²) in [7, 11) is 0. The molecule has 0 spiro atoms. The molecule has 1 aromatic heterocycles. The summed E-state index contributed by atoms with van der Waals surface area (Å²) in [5.41, 5.74) is 1.77. The average molecular weight is 315 g/mol. The predicted molar refractivity (Wildman–Crippen MR) is 83.1 cm³/mol. The Morgan fingerprint density at radius 1 is 0.957 bits per heavy atom. The Kier molecular flexibility index (Phi) is 3.94. The number of nitrogens with zero attached hydrogens (tertiary/aromatic N) is 2. The van der Waals surface area contributed by atoms with Gasteiger partial charge in [0.2, 0.25) is 0 Å². The molecule has 0 aliphatic heterocycles. The van der Waals surface area contributed by atoms with E-state index in [2.05, 4.69) is 12.0 Å². The minimum atomic E-state index is -4.48. The maximum Gasteiger partial charge on any atom is 0.435 e. The summed E-state index contributed by atoms with van der Waals surface area (Å²) in [5.74, 6) is 0. The molecule has 0 atom stereocenters. The minimum absolute atomic E-state index is 0.403. The molecule has 1 heterocycles. The highest BCUT2D eigenvalue weighted by molar-refractivity contribution is 5.62. The van der Waals surface area contributed by atoms with Crippen LogP contribution in [0.5, 0.6) is 0 Å². The van der Waals surface area contributed by atoms with Crippen molar-refractivity contribution in [3.63, 3.8) is 0 Å². The molecular weight excluding hydrogens is 301 g/mol. The molecule has 0 N–H and O–H groups in total. The van der Waals surface area contributed by atoms with Gasteiger partial charge in [-0.25, -0.2) is 4.68 Å². The highest BCUT2D eigenvalue weighted by Crippen LogP contribution is 2.33. The molecule has 0 unspecified atom stereocenters. The zero-order valence-corrected chi connectivity index (χ0v) is 12.2. The van der Waals surface area contributed by atoms with Crippen molar-refractivity contribution in [2.75, 3.05) is 0 Å². The largest absolute Gasteiger partial charge is 0.435 e. The molecule has 0 aliphatic carbocycles. The van der Waals surface area contributed by atoms with Gasteiger partial charge in [-0.3, -0.25) is 0 Å². The van der Waals surface area contributed by atoms with E-state index in [0.717, 1.165) is 11.6 Å². The zero-order valence-electron chi connectivity index (χ0n) is 12.2. The molecule has 5 heteroatoms. The summed E-state index contributed by atoms with van der Waals surface area (Å²) >= 11 is 0. The first-order valence-corrected chi connectivity index (χ1v) is 7.10. The van der Waals surface area contributed by atoms with E-state index in [1.807, 2.05) is 18.2 Å². The van der Waals surface area contributed by atoms with Gasteiger partial charge < -0.3 is 0 Å². The average Bonchev–Trinajstić information content (AvgIpc) is 3.01. The third-order valence-corrected chi connectivity index (χ3v) is 3.54. The van der Waals surface area contributed by atoms with Crippen molar-refractivity contribution in [3.05, 3.63) is 78.8 Å². The topological polar surface area (TPSA) is 17.8 Å². The minimum Gasteiger partial charge on any atom is -0.233 e. The van der Waals surface area contributed by atoms with E-state index < -0.39 is 11.9 Å². The van der Waals surface area contributed by atoms with Crippen LogP contribution in [0.25, 0.3) is 16.9 Å². The fourth-order valence-electron chi connectivity index (χ4n) is 2.33. The second-order valence-electron chi connectivity index (χ2n) is 5.11. The van der Waals surface area contributed by atoms with Gasteiger partial charge >= 0.3 is 6.18 Å². The number of halogens is 3. The molecule has 0 saturated carbocycles. The van der Waals surface area contributed by atoms with Gasteiger partial charge in [0, 0.05) is 5.56 Å². The molecule has 2 nitrogen and oxygen atoms in total. The Balaban J connectivity index is 2.15. The molecule has 2 aromatic carbocycles. The normalized spacial score (nSPS) is 11.7. The lowest BCUT2D eigenvalue weighted by Crippen LogP contribution is -2.07. The molecular formula is C18H14F3N2. The highest BCUT2D eigenvalue weighted by atomic mass is 19.4. The highest BCUT2D eigenvalue weighted by Gasteiger charge is 2.35. The quantitative estimate of drug-likeness (QED) is 0.670. The summed E-state index contributed by atoms with van der Waals surface area (Å²) in [5, 5.41) is 3.76. The lowest BCUT2D eigenvalue weighted by molar-refractivity contribution is -0.141. The first-order chi connectivity index (χ1) is 11.0. The van der Waals surface area contributed by atoms with Crippen molar-refractivity contribution < 1.29 is 13.2 Å². The van der Waals surface area contributed by atoms with Gasteiger partial charge in [-0.15, -0.1) is 0 Å². The van der Waals surface area contributed by atoms with Gasteiger partial charge in [-0.05, 0) is 37.1 Å². The SMILES string of the molecule is [CH2]Cc1ccc(-n2nc(C(F)(F)F)cc2-c2ccccc2)cc1. The summed E-state index contributed by atoms with van der Waals surface area (Å²) in [4.78, 5) is 0. The fraction of sp³-hybridized carbons (Fsp3) is 0.111. The van der Waals surface area contributed by atoms with Crippen molar-refractivity contribution in [1.82, 2.24) is 9.78 Å². The van der Waals surface area contributed by atoms with Crippen LogP contribution in [0.1, 0.15) is 11.3 Å². The Hall–Kier alpha value is -2.56. The Bertz CT molecular complexity index is 787. The molecule has 117 valence electrons. The standard InChI is InChI=1S/C18H14F3N2/c1-2-13-8-10-15(11-9-13)23-16(14-6-4-3-5-7-14)12-17(22-23)18(19,20)21/h3-12H,1-2H2. The number of alkyl halides is 3. The Morgan fingerprint density at radius 3 is 2.17 bits per heavy atom. The van der Waals surface area contributed by atoms with Gasteiger partial charge in [0.15, 0.2) is 5.69 Å². The first-order valence-electron chi connectivity index (χ1n) is 7.10. The molecule has 3 rings (SSSR count). The second-order valence-corrected chi connectivity index (χ2v) is 5.11. The Labute approximate surface area is 132 Å². The molecule has 0 bridgehead atoms. The molecule has 0 fully saturated rings. The van der Waals surface area contributed by atoms with Crippen LogP contribution < -0.4 is 0 Å². The Morgan fingerprint density at radius 2 is 1.61 bits per heavy atom. The van der Waals surface area contributed by atoms with Crippen molar-refractivity contribution in [3.8, 4) is 16.9 Å². The molecule has 0 aliphatic rings. The number of aromatic nitrogens is 2. The van der Waals surface area contributed by atoms with Gasteiger partial charge in [0.1, 0.15) is 0 Å². The van der Waals surface area contributed by atoms with Crippen molar-refractivity contribution >= 4 is 0 Å². The van der Waals surface area contributed by atoms with E-state index in [0.29, 0.717) is 23.4 Å². The van der Waals surface area contributed by atoms with Crippen LogP contribution >= 0.6 is 0 Å². The van der Waals surface area contributed by atoms with Gasteiger partial charge in [-0.1, -0.05) is 42.5 Å². The zero-order chi connectivity index (χ0) is 16.4. The van der Waals surface area contributed by atoms with Crippen LogP contribution in [0.3, 0.4) is 0 Å². The maximum atomic E-state index is 13.0. The summed E-state index contributed by atoms with van der Waals surface area (Å²) in [6, 6.07) is 17.2. The lowest BCUT2D eigenvalue weighted by Gasteiger charge is -2.08. The summed E-state index contributed by atoms with van der Waals surface area (Å²) < 4.78 is 40.5. The lowest BCUT2D eigenvalue weighted by atomic mass is 10.1. The van der Waals surface area contributed by atoms with Crippen LogP contribution in [-0.2, 0) is 12.6 Å². The number of rotatable bonds is 3. The van der Waals surface area contributed by atoms with Crippen LogP contribution in [0, 0.1) is 6.92 Å². The van der Waals surface area contributed by atoms with Crippen LogP contribution in [-0.4, -0.2) is 9.78 Å². The third-order valence-electron chi connectivity index (χ3n) is 3.54. The van der Waals surface area contributed by atoms with Crippen molar-refractivity contribution in [1.29, 1.82) is 0 Å². The molecule has 23 heavy (non-hydrogen) atoms. The monoisotopic (exact) mass is 315 g/mol. The van der Waals surface area contributed by atoms with Crippen molar-refractivity contribution in [2.45, 2.75) is 12.6 Å². The smallest absolute Gasteiger partial charge is 0.233 e. The fourth-order valence-corrected chi connectivity index (χ4v) is 2.33. The van der Waals surface area contributed by atoms with E-state index in [4.69, 9.17) is 0 Å². The number of hydrogen-bond acceptors (Lipinski definition) is 1. The predicted octanol–water partition coefficient (Wildman–Crippen LogP) is 4.93. The number of hydrogen-bond donors (Lipinski definition) is 0. The van der Waals surface area contributed by atoms with E-state index in [-0.39, 0.29) is 0 Å². The molecule has 3 aromatic rings. The van der Waals surface area contributed by atoms with E-state index in [1.54, 1.807) is 36.4 Å². The van der Waals surface area contributed by atoms with E-state index in [1.165, 1.54) is 4.68 Å². The molecule has 1 radical (unpaired) electrons. The van der Waals surface area contributed by atoms with Gasteiger partial charge in [0.25, 0.3) is 0 Å². The number of benzene rings is 2. The van der Waals surface area contributed by atoms with Gasteiger partial charge in [0.05, 0.1) is 11.4 Å². The second kappa shape index (κ2) is 5.91. The van der Waals surface area contributed by atoms with E-state index in [9.17, 15) is 13.2 Å². The first kappa shape index (κ1) is 15.3. The molecule has 0 saturated heterocycles. The summed E-state index contributed by atoms with van der Waals surface area (Å²) in [6.45, 7) is 3.79. The third kappa shape index (κ3) is 3.13. The molecule has 0 amide bonds. The maximum absolute atomic E-state index is 13.0. The van der Waals surface area contributed by atoms with Crippen molar-refractivity contribution in [2.24, 2.45) is 0 Å². The van der Waals surface area contributed by atoms with E-state index >= 15 is 0 Å². The van der Waals surface area contributed by atoms with Crippen LogP contribution in [0.4, 0.5) is 13.2 Å². The van der Waals surface area contributed by atoms with Crippen LogP contribution in [0.15, 0.2) is 60.7 Å². The van der Waals surface area contributed by atoms with Gasteiger partial charge in [-0.2, -0.15) is 18.3 Å². The van der Waals surface area contributed by atoms with Crippen LogP contribution in [0.2, 0.25) is 0 Å².